The standard InChI is InChI=1S/C31H58O4/c1-4-7-10-12-14-15-17-19-22-25-31(33)35-30-26-29(34-28(30)24-20-9-6-3)27(32)23-21-18-16-13-11-8-5-2/h5,27-30,32H,2,4,6-26H2,1,3H3/t27-,28+,29-,30+/m1/s1. The number of carbonyl (C=O) groups is 1. The van der Waals surface area contributed by atoms with Crippen molar-refractivity contribution in [1.82, 2.24) is 0 Å². The Balaban J connectivity index is 2.30. The fraction of sp³-hybridized carbons (Fsp3) is 0.903. The van der Waals surface area contributed by atoms with E-state index in [9.17, 15) is 9.90 Å². The summed E-state index contributed by atoms with van der Waals surface area (Å²) >= 11 is 0. The second-order valence-corrected chi connectivity index (χ2v) is 10.8. The summed E-state index contributed by atoms with van der Waals surface area (Å²) in [7, 11) is 0. The SMILES string of the molecule is C=CCCCCCCC[C@@H](O)[C@H]1C[C@H](OC(=O)CCCCCCCCCCC)[C@H](CCCCC)O1. The Hall–Kier alpha value is -0.870. The first-order chi connectivity index (χ1) is 17.1. The topological polar surface area (TPSA) is 55.8 Å². The van der Waals surface area contributed by atoms with Gasteiger partial charge < -0.3 is 14.6 Å². The average Bonchev–Trinajstić information content (AvgIpc) is 3.25. The number of esters is 1. The van der Waals surface area contributed by atoms with Crippen molar-refractivity contribution >= 4 is 5.97 Å². The fourth-order valence-corrected chi connectivity index (χ4v) is 5.14. The molecular formula is C31H58O4. The Morgan fingerprint density at radius 1 is 0.886 bits per heavy atom. The molecule has 1 saturated heterocycles. The van der Waals surface area contributed by atoms with Crippen LogP contribution in [0.1, 0.15) is 155 Å². The van der Waals surface area contributed by atoms with Crippen molar-refractivity contribution in [2.45, 2.75) is 180 Å². The molecule has 1 fully saturated rings. The van der Waals surface area contributed by atoms with Crippen LogP contribution >= 0.6 is 0 Å². The zero-order chi connectivity index (χ0) is 25.6. The van der Waals surface area contributed by atoms with E-state index in [4.69, 9.17) is 9.47 Å². The zero-order valence-corrected chi connectivity index (χ0v) is 23.3. The van der Waals surface area contributed by atoms with Crippen molar-refractivity contribution in [2.24, 2.45) is 0 Å². The number of aliphatic hydroxyl groups is 1. The molecule has 0 bridgehead atoms. The zero-order valence-electron chi connectivity index (χ0n) is 23.3. The van der Waals surface area contributed by atoms with Crippen LogP contribution in [0.5, 0.6) is 0 Å². The van der Waals surface area contributed by atoms with E-state index in [0.29, 0.717) is 12.8 Å². The minimum absolute atomic E-state index is 0.0628. The third-order valence-corrected chi connectivity index (χ3v) is 7.43. The van der Waals surface area contributed by atoms with Crippen molar-refractivity contribution in [1.29, 1.82) is 0 Å². The van der Waals surface area contributed by atoms with E-state index in [1.54, 1.807) is 0 Å². The van der Waals surface area contributed by atoms with Gasteiger partial charge in [-0.1, -0.05) is 116 Å². The lowest BCUT2D eigenvalue weighted by Gasteiger charge is -2.20. The van der Waals surface area contributed by atoms with Gasteiger partial charge >= 0.3 is 5.97 Å². The molecule has 35 heavy (non-hydrogen) atoms. The second-order valence-electron chi connectivity index (χ2n) is 10.8. The highest BCUT2D eigenvalue weighted by atomic mass is 16.6. The van der Waals surface area contributed by atoms with Crippen LogP contribution in [-0.4, -0.2) is 35.5 Å². The maximum Gasteiger partial charge on any atom is 0.306 e. The van der Waals surface area contributed by atoms with E-state index in [2.05, 4.69) is 20.4 Å². The van der Waals surface area contributed by atoms with Gasteiger partial charge in [-0.15, -0.1) is 6.58 Å². The van der Waals surface area contributed by atoms with Crippen molar-refractivity contribution < 1.29 is 19.4 Å². The highest BCUT2D eigenvalue weighted by Crippen LogP contribution is 2.31. The van der Waals surface area contributed by atoms with Gasteiger partial charge in [0.1, 0.15) is 6.10 Å². The average molecular weight is 495 g/mol. The van der Waals surface area contributed by atoms with Crippen LogP contribution < -0.4 is 0 Å². The molecular weight excluding hydrogens is 436 g/mol. The number of carbonyl (C=O) groups excluding carboxylic acids is 1. The normalized spacial score (nSPS) is 20.7. The summed E-state index contributed by atoms with van der Waals surface area (Å²) in [5.74, 6) is -0.0864. The molecule has 206 valence electrons. The fourth-order valence-electron chi connectivity index (χ4n) is 5.14. The van der Waals surface area contributed by atoms with Crippen molar-refractivity contribution in [3.8, 4) is 0 Å². The molecule has 0 aromatic carbocycles. The predicted molar refractivity (Wildman–Crippen MR) is 148 cm³/mol. The summed E-state index contributed by atoms with van der Waals surface area (Å²) in [5.41, 5.74) is 0. The summed E-state index contributed by atoms with van der Waals surface area (Å²) in [6.07, 6.45) is 25.4. The number of aliphatic hydroxyl groups excluding tert-OH is 1. The number of ether oxygens (including phenoxy) is 2. The Labute approximate surface area is 217 Å². The third-order valence-electron chi connectivity index (χ3n) is 7.43. The van der Waals surface area contributed by atoms with Crippen molar-refractivity contribution in [2.75, 3.05) is 0 Å². The maximum absolute atomic E-state index is 12.5. The molecule has 0 aliphatic carbocycles. The molecule has 0 spiro atoms. The number of rotatable bonds is 24. The Morgan fingerprint density at radius 3 is 2.11 bits per heavy atom. The van der Waals surface area contributed by atoms with Gasteiger partial charge in [0.15, 0.2) is 0 Å². The van der Waals surface area contributed by atoms with Crippen molar-refractivity contribution in [3.63, 3.8) is 0 Å². The predicted octanol–water partition coefficient (Wildman–Crippen LogP) is 8.83. The second kappa shape index (κ2) is 22.3. The molecule has 1 aliphatic heterocycles. The van der Waals surface area contributed by atoms with E-state index >= 15 is 0 Å². The Kier molecular flexibility index (Phi) is 20.5. The number of unbranched alkanes of at least 4 members (excludes halogenated alkanes) is 15. The summed E-state index contributed by atoms with van der Waals surface area (Å²) in [4.78, 5) is 12.5. The third kappa shape index (κ3) is 16.5. The minimum atomic E-state index is -0.460. The Morgan fingerprint density at radius 2 is 1.46 bits per heavy atom. The largest absolute Gasteiger partial charge is 0.459 e. The monoisotopic (exact) mass is 494 g/mol. The van der Waals surface area contributed by atoms with Crippen LogP contribution in [0.25, 0.3) is 0 Å². The molecule has 4 heteroatoms. The molecule has 0 aromatic rings. The quantitative estimate of drug-likeness (QED) is 0.0827. The molecule has 0 saturated carbocycles. The summed E-state index contributed by atoms with van der Waals surface area (Å²) < 4.78 is 12.2. The molecule has 0 amide bonds. The highest BCUT2D eigenvalue weighted by Gasteiger charge is 2.40. The molecule has 1 heterocycles. The lowest BCUT2D eigenvalue weighted by molar-refractivity contribution is -0.152. The van der Waals surface area contributed by atoms with Gasteiger partial charge in [-0.05, 0) is 32.1 Å². The van der Waals surface area contributed by atoms with E-state index < -0.39 is 6.10 Å². The molecule has 4 atom stereocenters. The van der Waals surface area contributed by atoms with Crippen LogP contribution in [-0.2, 0) is 14.3 Å². The minimum Gasteiger partial charge on any atom is -0.459 e. The van der Waals surface area contributed by atoms with Crippen molar-refractivity contribution in [3.05, 3.63) is 12.7 Å². The molecule has 4 nitrogen and oxygen atoms in total. The van der Waals surface area contributed by atoms with Gasteiger partial charge in [0.2, 0.25) is 0 Å². The molecule has 1 N–H and O–H groups in total. The van der Waals surface area contributed by atoms with Gasteiger partial charge in [-0.3, -0.25) is 4.79 Å². The molecule has 1 aliphatic rings. The summed E-state index contributed by atoms with van der Waals surface area (Å²) in [5, 5.41) is 10.7. The van der Waals surface area contributed by atoms with Gasteiger partial charge in [0.05, 0.1) is 18.3 Å². The Bertz CT molecular complexity index is 506. The first-order valence-electron chi connectivity index (χ1n) is 15.3. The van der Waals surface area contributed by atoms with Gasteiger partial charge in [0.25, 0.3) is 0 Å². The first-order valence-corrected chi connectivity index (χ1v) is 15.3. The van der Waals surface area contributed by atoms with Crippen LogP contribution in [0, 0.1) is 0 Å². The van der Waals surface area contributed by atoms with Crippen LogP contribution in [0.15, 0.2) is 12.7 Å². The molecule has 1 rings (SSSR count). The maximum atomic E-state index is 12.5. The van der Waals surface area contributed by atoms with E-state index in [1.165, 1.54) is 64.2 Å². The van der Waals surface area contributed by atoms with Gasteiger partial charge in [-0.25, -0.2) is 0 Å². The number of allylic oxidation sites excluding steroid dienone is 1. The highest BCUT2D eigenvalue weighted by molar-refractivity contribution is 5.69. The van der Waals surface area contributed by atoms with Gasteiger partial charge in [-0.2, -0.15) is 0 Å². The summed E-state index contributed by atoms with van der Waals surface area (Å²) in [6.45, 7) is 8.22. The lowest BCUT2D eigenvalue weighted by Crippen LogP contribution is -2.27. The smallest absolute Gasteiger partial charge is 0.306 e. The lowest BCUT2D eigenvalue weighted by atomic mass is 10.00. The van der Waals surface area contributed by atoms with Gasteiger partial charge in [0, 0.05) is 12.8 Å². The number of hydrogen-bond acceptors (Lipinski definition) is 4. The van der Waals surface area contributed by atoms with Crippen LogP contribution in [0.3, 0.4) is 0 Å². The molecule has 0 unspecified atom stereocenters. The summed E-state index contributed by atoms with van der Waals surface area (Å²) in [6, 6.07) is 0. The van der Waals surface area contributed by atoms with E-state index in [-0.39, 0.29) is 24.3 Å². The molecule has 0 radical (unpaired) electrons. The first kappa shape index (κ1) is 32.2. The van der Waals surface area contributed by atoms with E-state index in [0.717, 1.165) is 64.2 Å². The van der Waals surface area contributed by atoms with Crippen LogP contribution in [0.4, 0.5) is 0 Å². The van der Waals surface area contributed by atoms with Crippen LogP contribution in [0.2, 0.25) is 0 Å². The molecule has 0 aromatic heterocycles. The number of hydrogen-bond donors (Lipinski definition) is 1. The van der Waals surface area contributed by atoms with E-state index in [1.807, 2.05) is 6.08 Å².